The van der Waals surface area contributed by atoms with Crippen molar-refractivity contribution in [2.45, 2.75) is 19.9 Å². The first-order chi connectivity index (χ1) is 7.00. The third-order valence-corrected chi connectivity index (χ3v) is 2.03. The predicted molar refractivity (Wildman–Crippen MR) is 58.5 cm³/mol. The molecule has 0 aliphatic rings. The van der Waals surface area contributed by atoms with Gasteiger partial charge < -0.3 is 16.2 Å². The summed E-state index contributed by atoms with van der Waals surface area (Å²) in [5, 5.41) is 0. The summed E-state index contributed by atoms with van der Waals surface area (Å²) in [7, 11) is 0. The zero-order valence-corrected chi connectivity index (χ0v) is 8.99. The van der Waals surface area contributed by atoms with Crippen LogP contribution in [0.5, 0.6) is 5.75 Å². The third-order valence-electron chi connectivity index (χ3n) is 2.03. The van der Waals surface area contributed by atoms with Gasteiger partial charge >= 0.3 is 0 Å². The molecule has 15 heavy (non-hydrogen) atoms. The molecular weight excluding hydrogens is 192 g/mol. The summed E-state index contributed by atoms with van der Waals surface area (Å²) in [5.74, 6) is 0.126. The Labute approximate surface area is 89.2 Å². The average molecular weight is 208 g/mol. The van der Waals surface area contributed by atoms with E-state index in [2.05, 4.69) is 0 Å². The van der Waals surface area contributed by atoms with Crippen molar-refractivity contribution in [1.82, 2.24) is 0 Å². The number of primary amides is 1. The van der Waals surface area contributed by atoms with E-state index in [0.29, 0.717) is 5.75 Å². The van der Waals surface area contributed by atoms with E-state index in [9.17, 15) is 4.79 Å². The van der Waals surface area contributed by atoms with Crippen molar-refractivity contribution in [2.75, 3.05) is 6.61 Å². The number of amides is 1. The Bertz CT molecular complexity index is 362. The molecule has 82 valence electrons. The molecule has 1 aromatic rings. The van der Waals surface area contributed by atoms with Gasteiger partial charge in [0.15, 0.2) is 6.61 Å². The number of rotatable bonds is 4. The summed E-state index contributed by atoms with van der Waals surface area (Å²) in [4.78, 5) is 10.6. The number of ether oxygens (including phenoxy) is 1. The van der Waals surface area contributed by atoms with Gasteiger partial charge in [0, 0.05) is 11.6 Å². The second-order valence-electron chi connectivity index (χ2n) is 3.58. The van der Waals surface area contributed by atoms with Crippen LogP contribution in [0.2, 0.25) is 0 Å². The summed E-state index contributed by atoms with van der Waals surface area (Å²) < 4.78 is 5.26. The lowest BCUT2D eigenvalue weighted by Gasteiger charge is -2.13. The fourth-order valence-corrected chi connectivity index (χ4v) is 1.30. The number of benzene rings is 1. The highest BCUT2D eigenvalue weighted by Crippen LogP contribution is 2.24. The second kappa shape index (κ2) is 4.79. The van der Waals surface area contributed by atoms with Crippen LogP contribution in [0.3, 0.4) is 0 Å². The van der Waals surface area contributed by atoms with Gasteiger partial charge in [-0.05, 0) is 19.9 Å². The normalized spacial score (nSPS) is 12.2. The van der Waals surface area contributed by atoms with E-state index in [4.69, 9.17) is 16.2 Å². The van der Waals surface area contributed by atoms with E-state index in [1.807, 2.05) is 26.0 Å². The van der Waals surface area contributed by atoms with Crippen LogP contribution in [-0.4, -0.2) is 12.5 Å². The zero-order valence-electron chi connectivity index (χ0n) is 8.99. The van der Waals surface area contributed by atoms with Crippen molar-refractivity contribution in [2.24, 2.45) is 11.5 Å². The molecule has 4 nitrogen and oxygen atoms in total. The first kappa shape index (κ1) is 11.5. The van der Waals surface area contributed by atoms with Gasteiger partial charge in [-0.1, -0.05) is 17.7 Å². The lowest BCUT2D eigenvalue weighted by molar-refractivity contribution is -0.119. The van der Waals surface area contributed by atoms with Gasteiger partial charge in [0.1, 0.15) is 5.75 Å². The SMILES string of the molecule is Cc1ccc(OCC(N)=O)c([C@@H](C)N)c1. The van der Waals surface area contributed by atoms with Crippen LogP contribution in [0, 0.1) is 6.92 Å². The van der Waals surface area contributed by atoms with Crippen LogP contribution in [-0.2, 0) is 4.79 Å². The van der Waals surface area contributed by atoms with Crippen molar-refractivity contribution < 1.29 is 9.53 Å². The molecule has 0 heterocycles. The summed E-state index contributed by atoms with van der Waals surface area (Å²) in [6.07, 6.45) is 0. The molecule has 0 bridgehead atoms. The molecule has 0 aliphatic heterocycles. The largest absolute Gasteiger partial charge is 0.483 e. The highest BCUT2D eigenvalue weighted by molar-refractivity contribution is 5.75. The van der Waals surface area contributed by atoms with Crippen LogP contribution in [0.4, 0.5) is 0 Å². The van der Waals surface area contributed by atoms with Crippen molar-refractivity contribution in [3.63, 3.8) is 0 Å². The van der Waals surface area contributed by atoms with E-state index in [0.717, 1.165) is 11.1 Å². The maximum Gasteiger partial charge on any atom is 0.255 e. The fourth-order valence-electron chi connectivity index (χ4n) is 1.30. The topological polar surface area (TPSA) is 78.3 Å². The molecule has 0 saturated heterocycles. The van der Waals surface area contributed by atoms with Gasteiger partial charge in [-0.25, -0.2) is 0 Å². The van der Waals surface area contributed by atoms with E-state index < -0.39 is 5.91 Å². The molecular formula is C11H16N2O2. The lowest BCUT2D eigenvalue weighted by atomic mass is 10.1. The molecule has 0 fully saturated rings. The molecule has 0 radical (unpaired) electrons. The van der Waals surface area contributed by atoms with Crippen molar-refractivity contribution in [1.29, 1.82) is 0 Å². The minimum Gasteiger partial charge on any atom is -0.483 e. The highest BCUT2D eigenvalue weighted by atomic mass is 16.5. The van der Waals surface area contributed by atoms with Crippen LogP contribution < -0.4 is 16.2 Å². The predicted octanol–water partition coefficient (Wildman–Crippen LogP) is 0.879. The van der Waals surface area contributed by atoms with Crippen LogP contribution in [0.25, 0.3) is 0 Å². The van der Waals surface area contributed by atoms with Crippen molar-refractivity contribution in [3.05, 3.63) is 29.3 Å². The van der Waals surface area contributed by atoms with E-state index in [-0.39, 0.29) is 12.6 Å². The third kappa shape index (κ3) is 3.25. The maximum atomic E-state index is 10.6. The van der Waals surface area contributed by atoms with Crippen molar-refractivity contribution in [3.8, 4) is 5.75 Å². The summed E-state index contributed by atoms with van der Waals surface area (Å²) in [5.41, 5.74) is 12.8. The van der Waals surface area contributed by atoms with Crippen LogP contribution in [0.1, 0.15) is 24.1 Å². The van der Waals surface area contributed by atoms with Crippen LogP contribution in [0.15, 0.2) is 18.2 Å². The Morgan fingerprint density at radius 3 is 2.73 bits per heavy atom. The molecule has 0 aliphatic carbocycles. The highest BCUT2D eigenvalue weighted by Gasteiger charge is 2.09. The zero-order chi connectivity index (χ0) is 11.4. The van der Waals surface area contributed by atoms with Gasteiger partial charge in [-0.15, -0.1) is 0 Å². The number of carbonyl (C=O) groups is 1. The smallest absolute Gasteiger partial charge is 0.255 e. The van der Waals surface area contributed by atoms with Gasteiger partial charge in [0.2, 0.25) is 0 Å². The second-order valence-corrected chi connectivity index (χ2v) is 3.58. The fraction of sp³-hybridized carbons (Fsp3) is 0.364. The average Bonchev–Trinajstić information content (AvgIpc) is 2.15. The minimum atomic E-state index is -0.494. The minimum absolute atomic E-state index is 0.122. The van der Waals surface area contributed by atoms with Crippen LogP contribution >= 0.6 is 0 Å². The Kier molecular flexibility index (Phi) is 3.68. The standard InChI is InChI=1S/C11H16N2O2/c1-7-3-4-10(15-6-11(13)14)9(5-7)8(2)12/h3-5,8H,6,12H2,1-2H3,(H2,13,14)/t8-/m1/s1. The molecule has 1 amide bonds. The summed E-state index contributed by atoms with van der Waals surface area (Å²) >= 11 is 0. The quantitative estimate of drug-likeness (QED) is 0.771. The molecule has 1 rings (SSSR count). The molecule has 0 aromatic heterocycles. The van der Waals surface area contributed by atoms with E-state index in [1.165, 1.54) is 0 Å². The molecule has 0 unspecified atom stereocenters. The molecule has 1 atom stereocenters. The Balaban J connectivity index is 2.90. The summed E-state index contributed by atoms with van der Waals surface area (Å²) in [6, 6.07) is 5.52. The molecule has 0 saturated carbocycles. The number of hydrogen-bond acceptors (Lipinski definition) is 3. The molecule has 4 heteroatoms. The Morgan fingerprint density at radius 1 is 1.53 bits per heavy atom. The van der Waals surface area contributed by atoms with Gasteiger partial charge in [-0.3, -0.25) is 4.79 Å². The number of hydrogen-bond donors (Lipinski definition) is 2. The maximum absolute atomic E-state index is 10.6. The van der Waals surface area contributed by atoms with E-state index in [1.54, 1.807) is 6.07 Å². The van der Waals surface area contributed by atoms with Gasteiger partial charge in [-0.2, -0.15) is 0 Å². The number of aryl methyl sites for hydroxylation is 1. The first-order valence-corrected chi connectivity index (χ1v) is 4.78. The monoisotopic (exact) mass is 208 g/mol. The molecule has 0 spiro atoms. The summed E-state index contributed by atoms with van der Waals surface area (Å²) in [6.45, 7) is 3.72. The molecule has 4 N–H and O–H groups in total. The Morgan fingerprint density at radius 2 is 2.20 bits per heavy atom. The number of carbonyl (C=O) groups excluding carboxylic acids is 1. The van der Waals surface area contributed by atoms with Crippen molar-refractivity contribution >= 4 is 5.91 Å². The first-order valence-electron chi connectivity index (χ1n) is 4.78. The van der Waals surface area contributed by atoms with Gasteiger partial charge in [0.05, 0.1) is 0 Å². The lowest BCUT2D eigenvalue weighted by Crippen LogP contribution is -2.21. The number of nitrogens with two attached hydrogens (primary N) is 2. The molecule has 1 aromatic carbocycles. The van der Waals surface area contributed by atoms with E-state index >= 15 is 0 Å². The van der Waals surface area contributed by atoms with Gasteiger partial charge in [0.25, 0.3) is 5.91 Å². The Hall–Kier alpha value is -1.55.